The van der Waals surface area contributed by atoms with Gasteiger partial charge in [0.1, 0.15) is 5.75 Å². The lowest BCUT2D eigenvalue weighted by Gasteiger charge is -2.35. The lowest BCUT2D eigenvalue weighted by molar-refractivity contribution is -0.274. The standard InChI is InChI=1S/C19H23F3N4O2/c1-4-26-23-13(2)16(24-26)17(27)25-11-5-10-18(25,3)12-14-6-8-15(9-7-14)28-19(20,21)22/h6-9H,4-5,10-12H2,1-3H3. The van der Waals surface area contributed by atoms with Crippen molar-refractivity contribution < 1.29 is 22.7 Å². The molecule has 1 amide bonds. The second kappa shape index (κ2) is 7.44. The van der Waals surface area contributed by atoms with Crippen molar-refractivity contribution in [1.82, 2.24) is 19.9 Å². The van der Waals surface area contributed by atoms with Crippen molar-refractivity contribution in [3.63, 3.8) is 0 Å². The van der Waals surface area contributed by atoms with Crippen LogP contribution in [0.5, 0.6) is 5.75 Å². The molecule has 3 rings (SSSR count). The van der Waals surface area contributed by atoms with Gasteiger partial charge in [-0.3, -0.25) is 4.79 Å². The Morgan fingerprint density at radius 2 is 1.93 bits per heavy atom. The van der Waals surface area contributed by atoms with E-state index >= 15 is 0 Å². The molecule has 1 aliphatic heterocycles. The molecule has 6 nitrogen and oxygen atoms in total. The molecule has 28 heavy (non-hydrogen) atoms. The predicted molar refractivity (Wildman–Crippen MR) is 95.9 cm³/mol. The second-order valence-corrected chi connectivity index (χ2v) is 7.25. The quantitative estimate of drug-likeness (QED) is 0.773. The number of benzene rings is 1. The molecule has 1 fully saturated rings. The van der Waals surface area contributed by atoms with Gasteiger partial charge in [-0.2, -0.15) is 9.90 Å². The molecule has 0 bridgehead atoms. The Balaban J connectivity index is 1.76. The van der Waals surface area contributed by atoms with Gasteiger partial charge in [0.05, 0.1) is 12.2 Å². The van der Waals surface area contributed by atoms with Crippen LogP contribution in [0.15, 0.2) is 24.3 Å². The van der Waals surface area contributed by atoms with Crippen molar-refractivity contribution in [3.8, 4) is 5.75 Å². The van der Waals surface area contributed by atoms with Crippen molar-refractivity contribution in [2.45, 2.75) is 58.5 Å². The Morgan fingerprint density at radius 3 is 2.50 bits per heavy atom. The summed E-state index contributed by atoms with van der Waals surface area (Å²) in [6, 6.07) is 5.80. The van der Waals surface area contributed by atoms with Gasteiger partial charge < -0.3 is 9.64 Å². The van der Waals surface area contributed by atoms with Crippen LogP contribution in [0.4, 0.5) is 13.2 Å². The van der Waals surface area contributed by atoms with Crippen LogP contribution < -0.4 is 4.74 Å². The van der Waals surface area contributed by atoms with Crippen molar-refractivity contribution in [3.05, 3.63) is 41.2 Å². The average Bonchev–Trinajstić information content (AvgIpc) is 3.17. The molecule has 1 atom stereocenters. The fourth-order valence-corrected chi connectivity index (χ4v) is 3.70. The summed E-state index contributed by atoms with van der Waals surface area (Å²) in [5.74, 6) is -0.415. The molecule has 0 radical (unpaired) electrons. The number of nitrogens with zero attached hydrogens (tertiary/aromatic N) is 4. The molecule has 2 aromatic rings. The van der Waals surface area contributed by atoms with Crippen LogP contribution in [-0.4, -0.2) is 44.2 Å². The highest BCUT2D eigenvalue weighted by Gasteiger charge is 2.41. The van der Waals surface area contributed by atoms with E-state index in [1.54, 1.807) is 19.1 Å². The Kier molecular flexibility index (Phi) is 5.36. The van der Waals surface area contributed by atoms with Gasteiger partial charge in [0.2, 0.25) is 0 Å². The first kappa shape index (κ1) is 20.2. The highest BCUT2D eigenvalue weighted by Crippen LogP contribution is 2.34. The van der Waals surface area contributed by atoms with Gasteiger partial charge >= 0.3 is 6.36 Å². The predicted octanol–water partition coefficient (Wildman–Crippen LogP) is 3.74. The fourth-order valence-electron chi connectivity index (χ4n) is 3.70. The van der Waals surface area contributed by atoms with E-state index in [0.29, 0.717) is 30.9 Å². The van der Waals surface area contributed by atoms with Crippen LogP contribution in [0, 0.1) is 6.92 Å². The number of halogens is 3. The molecule has 0 saturated carbocycles. The first-order valence-electron chi connectivity index (χ1n) is 9.20. The minimum absolute atomic E-state index is 0.158. The molecule has 0 spiro atoms. The maximum absolute atomic E-state index is 13.1. The van der Waals surface area contributed by atoms with E-state index in [2.05, 4.69) is 14.9 Å². The number of carbonyl (C=O) groups is 1. The molecule has 2 heterocycles. The highest BCUT2D eigenvalue weighted by molar-refractivity contribution is 5.94. The third kappa shape index (κ3) is 4.28. The zero-order chi connectivity index (χ0) is 20.5. The molecule has 0 N–H and O–H groups in total. The van der Waals surface area contributed by atoms with Crippen LogP contribution >= 0.6 is 0 Å². The molecular weight excluding hydrogens is 373 g/mol. The Labute approximate surface area is 161 Å². The van der Waals surface area contributed by atoms with Crippen LogP contribution in [0.3, 0.4) is 0 Å². The van der Waals surface area contributed by atoms with Crippen LogP contribution in [0.25, 0.3) is 0 Å². The van der Waals surface area contributed by atoms with Gasteiger partial charge in [0, 0.05) is 12.1 Å². The molecule has 1 aliphatic rings. The molecular formula is C19H23F3N4O2. The summed E-state index contributed by atoms with van der Waals surface area (Å²) in [6.45, 7) is 6.86. The Bertz CT molecular complexity index is 848. The van der Waals surface area contributed by atoms with E-state index in [0.717, 1.165) is 18.4 Å². The lowest BCUT2D eigenvalue weighted by atomic mass is 9.90. The largest absolute Gasteiger partial charge is 0.573 e. The summed E-state index contributed by atoms with van der Waals surface area (Å²) >= 11 is 0. The SMILES string of the molecule is CCn1nc(C)c(C(=O)N2CCCC2(C)Cc2ccc(OC(F)(F)F)cc2)n1. The lowest BCUT2D eigenvalue weighted by Crippen LogP contribution is -2.47. The second-order valence-electron chi connectivity index (χ2n) is 7.25. The van der Waals surface area contributed by atoms with Crippen LogP contribution in [0.2, 0.25) is 0 Å². The number of likely N-dealkylation sites (tertiary alicyclic amines) is 1. The highest BCUT2D eigenvalue weighted by atomic mass is 19.4. The van der Waals surface area contributed by atoms with Crippen LogP contribution in [-0.2, 0) is 13.0 Å². The molecule has 1 aromatic carbocycles. The zero-order valence-electron chi connectivity index (χ0n) is 16.1. The third-order valence-corrected chi connectivity index (χ3v) is 5.04. The van der Waals surface area contributed by atoms with Crippen molar-refractivity contribution in [2.24, 2.45) is 0 Å². The molecule has 1 aromatic heterocycles. The minimum atomic E-state index is -4.71. The number of alkyl halides is 3. The van der Waals surface area contributed by atoms with Gasteiger partial charge in [-0.25, -0.2) is 0 Å². The average molecular weight is 396 g/mol. The van der Waals surface area contributed by atoms with Gasteiger partial charge in [0.15, 0.2) is 5.69 Å². The summed E-state index contributed by atoms with van der Waals surface area (Å²) in [6.07, 6.45) is -2.51. The van der Waals surface area contributed by atoms with E-state index in [1.165, 1.54) is 16.9 Å². The van der Waals surface area contributed by atoms with E-state index < -0.39 is 11.9 Å². The third-order valence-electron chi connectivity index (χ3n) is 5.04. The van der Waals surface area contributed by atoms with Gasteiger partial charge in [-0.05, 0) is 57.7 Å². The summed E-state index contributed by atoms with van der Waals surface area (Å²) in [5, 5.41) is 8.53. The van der Waals surface area contributed by atoms with Gasteiger partial charge in [-0.15, -0.1) is 18.3 Å². The smallest absolute Gasteiger partial charge is 0.406 e. The Morgan fingerprint density at radius 1 is 1.25 bits per heavy atom. The van der Waals surface area contributed by atoms with E-state index in [4.69, 9.17) is 0 Å². The van der Waals surface area contributed by atoms with E-state index in [9.17, 15) is 18.0 Å². The number of aryl methyl sites for hydroxylation is 2. The minimum Gasteiger partial charge on any atom is -0.406 e. The van der Waals surface area contributed by atoms with Crippen molar-refractivity contribution in [1.29, 1.82) is 0 Å². The van der Waals surface area contributed by atoms with E-state index in [-0.39, 0.29) is 11.7 Å². The number of rotatable bonds is 5. The normalized spacial score (nSPS) is 19.9. The summed E-state index contributed by atoms with van der Waals surface area (Å²) in [4.78, 5) is 16.4. The maximum Gasteiger partial charge on any atom is 0.573 e. The molecule has 1 unspecified atom stereocenters. The number of carbonyl (C=O) groups excluding carboxylic acids is 1. The van der Waals surface area contributed by atoms with E-state index in [1.807, 2.05) is 18.7 Å². The summed E-state index contributed by atoms with van der Waals surface area (Å²) in [5.41, 5.74) is 1.34. The first-order valence-corrected chi connectivity index (χ1v) is 9.20. The monoisotopic (exact) mass is 396 g/mol. The number of hydrogen-bond acceptors (Lipinski definition) is 4. The van der Waals surface area contributed by atoms with Crippen LogP contribution in [0.1, 0.15) is 48.4 Å². The zero-order valence-corrected chi connectivity index (χ0v) is 16.1. The molecule has 152 valence electrons. The number of aromatic nitrogens is 3. The van der Waals surface area contributed by atoms with Crippen molar-refractivity contribution in [2.75, 3.05) is 6.54 Å². The molecule has 0 aliphatic carbocycles. The van der Waals surface area contributed by atoms with Gasteiger partial charge in [0.25, 0.3) is 5.91 Å². The summed E-state index contributed by atoms with van der Waals surface area (Å²) < 4.78 is 40.9. The topological polar surface area (TPSA) is 60.2 Å². The molecule has 1 saturated heterocycles. The number of amides is 1. The number of ether oxygens (including phenoxy) is 1. The first-order chi connectivity index (χ1) is 13.1. The Hall–Kier alpha value is -2.58. The molecule has 9 heteroatoms. The summed E-state index contributed by atoms with van der Waals surface area (Å²) in [7, 11) is 0. The number of hydrogen-bond donors (Lipinski definition) is 0. The van der Waals surface area contributed by atoms with Crippen molar-refractivity contribution >= 4 is 5.91 Å². The fraction of sp³-hybridized carbons (Fsp3) is 0.526. The maximum atomic E-state index is 13.1. The van der Waals surface area contributed by atoms with Gasteiger partial charge in [-0.1, -0.05) is 12.1 Å².